The van der Waals surface area contributed by atoms with Crippen LogP contribution in [0.3, 0.4) is 0 Å². The van der Waals surface area contributed by atoms with Crippen molar-refractivity contribution in [3.63, 3.8) is 0 Å². The first-order valence-electron chi connectivity index (χ1n) is 11.1. The SMILES string of the molecule is Cc1occc1C(=O)N(C)[C@H](Cc1ccccc1F)C1CCN(C(=O)Cc2cscn2)CC1. The molecule has 0 saturated carbocycles. The first-order chi connectivity index (χ1) is 15.9. The second-order valence-electron chi connectivity index (χ2n) is 8.54. The Morgan fingerprint density at radius 2 is 2.03 bits per heavy atom. The third kappa shape index (κ3) is 5.33. The Labute approximate surface area is 197 Å². The van der Waals surface area contributed by atoms with Crippen molar-refractivity contribution < 1.29 is 18.4 Å². The molecule has 0 radical (unpaired) electrons. The maximum absolute atomic E-state index is 14.5. The Bertz CT molecular complexity index is 1090. The summed E-state index contributed by atoms with van der Waals surface area (Å²) in [5.41, 5.74) is 3.64. The molecule has 0 unspecified atom stereocenters. The van der Waals surface area contributed by atoms with Gasteiger partial charge in [0.15, 0.2) is 0 Å². The third-order valence-electron chi connectivity index (χ3n) is 6.55. The van der Waals surface area contributed by atoms with Crippen molar-refractivity contribution in [2.24, 2.45) is 5.92 Å². The van der Waals surface area contributed by atoms with Gasteiger partial charge in [-0.15, -0.1) is 11.3 Å². The summed E-state index contributed by atoms with van der Waals surface area (Å²) in [7, 11) is 1.78. The van der Waals surface area contributed by atoms with E-state index in [1.165, 1.54) is 23.7 Å². The molecule has 2 aromatic heterocycles. The molecule has 174 valence electrons. The fourth-order valence-electron chi connectivity index (χ4n) is 4.58. The van der Waals surface area contributed by atoms with Crippen LogP contribution in [0.4, 0.5) is 4.39 Å². The monoisotopic (exact) mass is 469 g/mol. The minimum atomic E-state index is -0.265. The summed E-state index contributed by atoms with van der Waals surface area (Å²) < 4.78 is 19.8. The Kier molecular flexibility index (Phi) is 7.23. The quantitative estimate of drug-likeness (QED) is 0.516. The molecule has 1 fully saturated rings. The van der Waals surface area contributed by atoms with Crippen molar-refractivity contribution in [1.29, 1.82) is 0 Å². The Hall–Kier alpha value is -3.00. The van der Waals surface area contributed by atoms with Crippen LogP contribution in [0.1, 0.15) is 40.2 Å². The minimum Gasteiger partial charge on any atom is -0.469 e. The number of rotatable bonds is 7. The van der Waals surface area contributed by atoms with E-state index in [1.54, 1.807) is 42.6 Å². The Balaban J connectivity index is 1.48. The van der Waals surface area contributed by atoms with E-state index < -0.39 is 0 Å². The van der Waals surface area contributed by atoms with Gasteiger partial charge in [-0.2, -0.15) is 0 Å². The smallest absolute Gasteiger partial charge is 0.257 e. The summed E-state index contributed by atoms with van der Waals surface area (Å²) in [5, 5.41) is 1.90. The number of hydrogen-bond acceptors (Lipinski definition) is 5. The highest BCUT2D eigenvalue weighted by molar-refractivity contribution is 7.07. The van der Waals surface area contributed by atoms with Crippen LogP contribution in [0, 0.1) is 18.7 Å². The number of thiazole rings is 1. The van der Waals surface area contributed by atoms with Crippen LogP contribution < -0.4 is 0 Å². The van der Waals surface area contributed by atoms with E-state index in [-0.39, 0.29) is 29.6 Å². The highest BCUT2D eigenvalue weighted by Gasteiger charge is 2.34. The van der Waals surface area contributed by atoms with E-state index in [9.17, 15) is 14.0 Å². The average molecular weight is 470 g/mol. The number of likely N-dealkylation sites (tertiary alicyclic amines) is 1. The maximum atomic E-state index is 14.5. The van der Waals surface area contributed by atoms with E-state index >= 15 is 0 Å². The number of aryl methyl sites for hydroxylation is 1. The van der Waals surface area contributed by atoms with Crippen LogP contribution in [0.5, 0.6) is 0 Å². The van der Waals surface area contributed by atoms with E-state index in [2.05, 4.69) is 4.98 Å². The summed E-state index contributed by atoms with van der Waals surface area (Å²) in [6.45, 7) is 3.00. The standard InChI is InChI=1S/C25H28FN3O3S/c1-17-21(9-12-32-17)25(31)28(2)23(13-19-5-3-4-6-22(19)26)18-7-10-29(11-8-18)24(30)14-20-15-33-16-27-20/h3-6,9,12,15-16,18,23H,7-8,10-11,13-14H2,1-2H3/t23-/m1/s1. The van der Waals surface area contributed by atoms with Gasteiger partial charge < -0.3 is 14.2 Å². The molecule has 3 aromatic rings. The van der Waals surface area contributed by atoms with Crippen LogP contribution in [0.25, 0.3) is 0 Å². The van der Waals surface area contributed by atoms with Crippen molar-refractivity contribution in [2.75, 3.05) is 20.1 Å². The maximum Gasteiger partial charge on any atom is 0.257 e. The average Bonchev–Trinajstić information content (AvgIpc) is 3.49. The topological polar surface area (TPSA) is 66.7 Å². The van der Waals surface area contributed by atoms with E-state index in [0.29, 0.717) is 42.8 Å². The molecule has 1 aliphatic heterocycles. The van der Waals surface area contributed by atoms with Crippen LogP contribution >= 0.6 is 11.3 Å². The molecule has 1 aliphatic rings. The van der Waals surface area contributed by atoms with E-state index in [1.807, 2.05) is 16.3 Å². The molecule has 1 saturated heterocycles. The van der Waals surface area contributed by atoms with E-state index in [0.717, 1.165) is 18.5 Å². The number of likely N-dealkylation sites (N-methyl/N-ethyl adjacent to an activating group) is 1. The normalized spacial score (nSPS) is 15.4. The zero-order valence-electron chi connectivity index (χ0n) is 18.9. The van der Waals surface area contributed by atoms with Gasteiger partial charge in [0.25, 0.3) is 5.91 Å². The minimum absolute atomic E-state index is 0.0726. The van der Waals surface area contributed by atoms with Gasteiger partial charge in [0, 0.05) is 31.6 Å². The Morgan fingerprint density at radius 1 is 1.27 bits per heavy atom. The van der Waals surface area contributed by atoms with Crippen LogP contribution in [-0.4, -0.2) is 52.8 Å². The molecular weight excluding hydrogens is 441 g/mol. The van der Waals surface area contributed by atoms with Gasteiger partial charge in [-0.25, -0.2) is 9.37 Å². The van der Waals surface area contributed by atoms with E-state index in [4.69, 9.17) is 4.42 Å². The first kappa shape index (κ1) is 23.2. The predicted molar refractivity (Wildman–Crippen MR) is 125 cm³/mol. The van der Waals surface area contributed by atoms with Gasteiger partial charge in [0.05, 0.1) is 29.5 Å². The fourth-order valence-corrected chi connectivity index (χ4v) is 5.14. The third-order valence-corrected chi connectivity index (χ3v) is 7.18. The van der Waals surface area contributed by atoms with Crippen molar-refractivity contribution in [1.82, 2.24) is 14.8 Å². The summed E-state index contributed by atoms with van der Waals surface area (Å²) >= 11 is 1.48. The molecule has 2 amide bonds. The number of furan rings is 1. The number of piperidine rings is 1. The second-order valence-corrected chi connectivity index (χ2v) is 9.26. The van der Waals surface area contributed by atoms with Gasteiger partial charge in [-0.3, -0.25) is 9.59 Å². The van der Waals surface area contributed by atoms with Crippen LogP contribution in [-0.2, 0) is 17.6 Å². The summed E-state index contributed by atoms with van der Waals surface area (Å²) in [4.78, 5) is 33.7. The molecule has 0 N–H and O–H groups in total. The lowest BCUT2D eigenvalue weighted by molar-refractivity contribution is -0.132. The zero-order chi connectivity index (χ0) is 23.4. The molecule has 4 rings (SSSR count). The number of halogens is 1. The number of amides is 2. The number of aromatic nitrogens is 1. The second kappa shape index (κ2) is 10.3. The lowest BCUT2D eigenvalue weighted by atomic mass is 9.84. The van der Waals surface area contributed by atoms with Crippen LogP contribution in [0.15, 0.2) is 51.9 Å². The molecule has 0 aliphatic carbocycles. The number of nitrogens with zero attached hydrogens (tertiary/aromatic N) is 3. The van der Waals surface area contributed by atoms with Gasteiger partial charge in [0.1, 0.15) is 11.6 Å². The van der Waals surface area contributed by atoms with Crippen LogP contribution in [0.2, 0.25) is 0 Å². The molecular formula is C25H28FN3O3S. The first-order valence-corrected chi connectivity index (χ1v) is 12.1. The fraction of sp³-hybridized carbons (Fsp3) is 0.400. The number of carbonyl (C=O) groups excluding carboxylic acids is 2. The number of benzene rings is 1. The van der Waals surface area contributed by atoms with Crippen molar-refractivity contribution in [3.8, 4) is 0 Å². The number of carbonyl (C=O) groups is 2. The molecule has 1 atom stereocenters. The molecule has 3 heterocycles. The zero-order valence-corrected chi connectivity index (χ0v) is 19.7. The summed E-state index contributed by atoms with van der Waals surface area (Å²) in [6.07, 6.45) is 3.75. The molecule has 33 heavy (non-hydrogen) atoms. The lowest BCUT2D eigenvalue weighted by Gasteiger charge is -2.40. The highest BCUT2D eigenvalue weighted by Crippen LogP contribution is 2.29. The molecule has 1 aromatic carbocycles. The van der Waals surface area contributed by atoms with Gasteiger partial charge in [-0.1, -0.05) is 18.2 Å². The van der Waals surface area contributed by atoms with Crippen molar-refractivity contribution in [2.45, 2.75) is 38.6 Å². The van der Waals surface area contributed by atoms with Crippen molar-refractivity contribution in [3.05, 3.63) is 75.9 Å². The highest BCUT2D eigenvalue weighted by atomic mass is 32.1. The molecule has 6 nitrogen and oxygen atoms in total. The predicted octanol–water partition coefficient (Wildman–Crippen LogP) is 4.35. The lowest BCUT2D eigenvalue weighted by Crippen LogP contribution is -2.48. The molecule has 8 heteroatoms. The Morgan fingerprint density at radius 3 is 2.67 bits per heavy atom. The number of hydrogen-bond donors (Lipinski definition) is 0. The van der Waals surface area contributed by atoms with Gasteiger partial charge >= 0.3 is 0 Å². The molecule has 0 bridgehead atoms. The van der Waals surface area contributed by atoms with Gasteiger partial charge in [0.2, 0.25) is 5.91 Å². The summed E-state index contributed by atoms with van der Waals surface area (Å²) in [5.74, 6) is 0.389. The largest absolute Gasteiger partial charge is 0.469 e. The summed E-state index contributed by atoms with van der Waals surface area (Å²) in [6, 6.07) is 8.19. The molecule has 0 spiro atoms. The van der Waals surface area contributed by atoms with Crippen molar-refractivity contribution >= 4 is 23.2 Å². The van der Waals surface area contributed by atoms with Gasteiger partial charge in [-0.05, 0) is 49.8 Å².